The van der Waals surface area contributed by atoms with E-state index in [1.165, 1.54) is 31.4 Å². The van der Waals surface area contributed by atoms with E-state index in [-0.39, 0.29) is 0 Å². The van der Waals surface area contributed by atoms with Gasteiger partial charge in [-0.3, -0.25) is 4.98 Å². The summed E-state index contributed by atoms with van der Waals surface area (Å²) in [7, 11) is 0. The van der Waals surface area contributed by atoms with Gasteiger partial charge in [-0.15, -0.1) is 0 Å². The van der Waals surface area contributed by atoms with Crippen LogP contribution in [0, 0.1) is 0 Å². The molecule has 0 saturated carbocycles. The monoisotopic (exact) mass is 176 g/mol. The van der Waals surface area contributed by atoms with Crippen LogP contribution in [-0.4, -0.2) is 18.1 Å². The van der Waals surface area contributed by atoms with E-state index >= 15 is 0 Å². The molecule has 13 heavy (non-hydrogen) atoms. The minimum Gasteiger partial charge on any atom is -0.317 e. The minimum absolute atomic E-state index is 0.748. The van der Waals surface area contributed by atoms with Gasteiger partial charge >= 0.3 is 0 Å². The third-order valence-corrected chi connectivity index (χ3v) is 2.75. The molecule has 0 radical (unpaired) electrons. The van der Waals surface area contributed by atoms with Gasteiger partial charge < -0.3 is 5.32 Å². The molecular weight excluding hydrogens is 160 g/mol. The van der Waals surface area contributed by atoms with E-state index in [1.54, 1.807) is 0 Å². The summed E-state index contributed by atoms with van der Waals surface area (Å²) in [6, 6.07) is 4.30. The van der Waals surface area contributed by atoms with Crippen molar-refractivity contribution in [1.82, 2.24) is 10.3 Å². The molecule has 1 atom stereocenters. The third-order valence-electron chi connectivity index (χ3n) is 2.75. The number of hydrogen-bond acceptors (Lipinski definition) is 2. The van der Waals surface area contributed by atoms with E-state index < -0.39 is 0 Å². The van der Waals surface area contributed by atoms with Gasteiger partial charge in [0.1, 0.15) is 0 Å². The van der Waals surface area contributed by atoms with Crippen molar-refractivity contribution in [3.63, 3.8) is 0 Å². The van der Waals surface area contributed by atoms with Gasteiger partial charge in [-0.05, 0) is 56.0 Å². The number of nitrogens with one attached hydrogen (secondary N) is 1. The fraction of sp³-hybridized carbons (Fsp3) is 0.545. The largest absolute Gasteiger partial charge is 0.317 e. The summed E-state index contributed by atoms with van der Waals surface area (Å²) in [6.45, 7) is 2.34. The Labute approximate surface area is 79.4 Å². The molecule has 2 heteroatoms. The highest BCUT2D eigenvalue weighted by molar-refractivity contribution is 5.15. The maximum atomic E-state index is 4.05. The average molecular weight is 176 g/mol. The quantitative estimate of drug-likeness (QED) is 0.707. The van der Waals surface area contributed by atoms with Crippen molar-refractivity contribution in [3.05, 3.63) is 30.1 Å². The van der Waals surface area contributed by atoms with Crippen molar-refractivity contribution >= 4 is 0 Å². The summed E-state index contributed by atoms with van der Waals surface area (Å²) in [5.41, 5.74) is 1.46. The van der Waals surface area contributed by atoms with E-state index in [0.717, 1.165) is 12.5 Å². The Balaban J connectivity index is 2.06. The number of nitrogens with zero attached hydrogens (tertiary/aromatic N) is 1. The highest BCUT2D eigenvalue weighted by Crippen LogP contribution is 2.24. The molecule has 0 bridgehead atoms. The first-order chi connectivity index (χ1) is 6.47. The number of hydrogen-bond donors (Lipinski definition) is 1. The smallest absolute Gasteiger partial charge is 0.0270 e. The Hall–Kier alpha value is -0.890. The van der Waals surface area contributed by atoms with Crippen LogP contribution in [0.1, 0.15) is 30.7 Å². The number of pyridine rings is 1. The van der Waals surface area contributed by atoms with Gasteiger partial charge in [-0.25, -0.2) is 0 Å². The van der Waals surface area contributed by atoms with Crippen molar-refractivity contribution in [3.8, 4) is 0 Å². The summed E-state index contributed by atoms with van der Waals surface area (Å²) in [4.78, 5) is 4.05. The van der Waals surface area contributed by atoms with Crippen LogP contribution in [0.4, 0.5) is 0 Å². The molecule has 1 N–H and O–H groups in total. The van der Waals surface area contributed by atoms with E-state index in [0.29, 0.717) is 0 Å². The standard InChI is InChI=1S/C11H16N2/c1-2-10(3-7-12-6-1)11-4-8-13-9-5-11/h4-5,8-10,12H,1-3,6-7H2/t10-/m0/s1. The first-order valence-electron chi connectivity index (χ1n) is 5.07. The maximum absolute atomic E-state index is 4.05. The zero-order valence-corrected chi connectivity index (χ0v) is 7.87. The van der Waals surface area contributed by atoms with Gasteiger partial charge in [0.25, 0.3) is 0 Å². The molecule has 2 rings (SSSR count). The van der Waals surface area contributed by atoms with Crippen LogP contribution >= 0.6 is 0 Å². The first kappa shape index (κ1) is 8.70. The van der Waals surface area contributed by atoms with Gasteiger partial charge in [-0.2, -0.15) is 0 Å². The van der Waals surface area contributed by atoms with E-state index in [4.69, 9.17) is 0 Å². The van der Waals surface area contributed by atoms with Gasteiger partial charge in [0.05, 0.1) is 0 Å². The van der Waals surface area contributed by atoms with E-state index in [1.807, 2.05) is 12.4 Å². The van der Waals surface area contributed by atoms with E-state index in [2.05, 4.69) is 22.4 Å². The van der Waals surface area contributed by atoms with Crippen LogP contribution in [0.5, 0.6) is 0 Å². The molecule has 1 fully saturated rings. The molecule has 2 nitrogen and oxygen atoms in total. The molecule has 1 aromatic rings. The molecular formula is C11H16N2. The second kappa shape index (κ2) is 4.38. The third kappa shape index (κ3) is 2.28. The molecule has 0 unspecified atom stereocenters. The Kier molecular flexibility index (Phi) is 2.93. The topological polar surface area (TPSA) is 24.9 Å². The van der Waals surface area contributed by atoms with Gasteiger partial charge in [0.2, 0.25) is 0 Å². The average Bonchev–Trinajstić information content (AvgIpc) is 2.47. The Bertz CT molecular complexity index is 238. The molecule has 1 saturated heterocycles. The lowest BCUT2D eigenvalue weighted by atomic mass is 9.93. The van der Waals surface area contributed by atoms with Gasteiger partial charge in [0.15, 0.2) is 0 Å². The zero-order valence-electron chi connectivity index (χ0n) is 7.87. The van der Waals surface area contributed by atoms with Crippen LogP contribution in [0.15, 0.2) is 24.5 Å². The van der Waals surface area contributed by atoms with Crippen LogP contribution in [0.2, 0.25) is 0 Å². The first-order valence-corrected chi connectivity index (χ1v) is 5.07. The zero-order chi connectivity index (χ0) is 8.93. The van der Waals surface area contributed by atoms with Crippen molar-refractivity contribution in [2.45, 2.75) is 25.2 Å². The van der Waals surface area contributed by atoms with Gasteiger partial charge in [0, 0.05) is 12.4 Å². The normalized spacial score (nSPS) is 23.8. The molecule has 0 spiro atoms. The lowest BCUT2D eigenvalue weighted by molar-refractivity contribution is 0.609. The lowest BCUT2D eigenvalue weighted by Crippen LogP contribution is -2.13. The van der Waals surface area contributed by atoms with Crippen molar-refractivity contribution in [2.75, 3.05) is 13.1 Å². The molecule has 0 amide bonds. The van der Waals surface area contributed by atoms with Crippen LogP contribution in [0.25, 0.3) is 0 Å². The molecule has 70 valence electrons. The lowest BCUT2D eigenvalue weighted by Gasteiger charge is -2.12. The molecule has 1 aliphatic heterocycles. The highest BCUT2D eigenvalue weighted by atomic mass is 14.8. The predicted octanol–water partition coefficient (Wildman–Crippen LogP) is 1.94. The minimum atomic E-state index is 0.748. The summed E-state index contributed by atoms with van der Waals surface area (Å²) in [5.74, 6) is 0.748. The maximum Gasteiger partial charge on any atom is 0.0270 e. The van der Waals surface area contributed by atoms with Crippen LogP contribution in [-0.2, 0) is 0 Å². The van der Waals surface area contributed by atoms with E-state index in [9.17, 15) is 0 Å². The second-order valence-electron chi connectivity index (χ2n) is 3.66. The summed E-state index contributed by atoms with van der Waals surface area (Å²) in [5, 5.41) is 3.43. The second-order valence-corrected chi connectivity index (χ2v) is 3.66. The van der Waals surface area contributed by atoms with Gasteiger partial charge in [-0.1, -0.05) is 0 Å². The molecule has 2 heterocycles. The van der Waals surface area contributed by atoms with Crippen molar-refractivity contribution in [1.29, 1.82) is 0 Å². The number of rotatable bonds is 1. The fourth-order valence-electron chi connectivity index (χ4n) is 1.99. The Morgan fingerprint density at radius 2 is 2.00 bits per heavy atom. The van der Waals surface area contributed by atoms with Crippen molar-refractivity contribution < 1.29 is 0 Å². The summed E-state index contributed by atoms with van der Waals surface area (Å²) >= 11 is 0. The fourth-order valence-corrected chi connectivity index (χ4v) is 1.99. The Morgan fingerprint density at radius 3 is 2.85 bits per heavy atom. The molecule has 0 aromatic carbocycles. The SMILES string of the molecule is c1cc([C@H]2CCCNCC2)ccn1. The molecule has 1 aromatic heterocycles. The summed E-state index contributed by atoms with van der Waals surface area (Å²) < 4.78 is 0. The predicted molar refractivity (Wildman–Crippen MR) is 53.7 cm³/mol. The Morgan fingerprint density at radius 1 is 1.15 bits per heavy atom. The highest BCUT2D eigenvalue weighted by Gasteiger charge is 2.12. The van der Waals surface area contributed by atoms with Crippen LogP contribution in [0.3, 0.4) is 0 Å². The molecule has 1 aliphatic rings. The summed E-state index contributed by atoms with van der Waals surface area (Å²) in [6.07, 6.45) is 7.68. The molecule has 0 aliphatic carbocycles. The van der Waals surface area contributed by atoms with Crippen LogP contribution < -0.4 is 5.32 Å². The van der Waals surface area contributed by atoms with Crippen molar-refractivity contribution in [2.24, 2.45) is 0 Å². The number of aromatic nitrogens is 1.